The van der Waals surface area contributed by atoms with Crippen molar-refractivity contribution in [3.05, 3.63) is 15.8 Å². The van der Waals surface area contributed by atoms with E-state index in [2.05, 4.69) is 27.5 Å². The molecule has 1 aromatic rings. The van der Waals surface area contributed by atoms with Gasteiger partial charge >= 0.3 is 5.69 Å². The Labute approximate surface area is 112 Å². The van der Waals surface area contributed by atoms with Gasteiger partial charge in [0.15, 0.2) is 0 Å². The SMILES string of the molecule is CCNc1nc(C)c([N+](=O)[O-])c(NCC2CC2C)n1. The molecule has 7 nitrogen and oxygen atoms in total. The van der Waals surface area contributed by atoms with Crippen molar-refractivity contribution in [2.75, 3.05) is 23.7 Å². The maximum absolute atomic E-state index is 11.1. The van der Waals surface area contributed by atoms with Crippen LogP contribution in [-0.2, 0) is 0 Å². The van der Waals surface area contributed by atoms with Crippen molar-refractivity contribution >= 4 is 17.5 Å². The molecule has 19 heavy (non-hydrogen) atoms. The van der Waals surface area contributed by atoms with Crippen LogP contribution in [0.2, 0.25) is 0 Å². The molecular formula is C12H19N5O2. The summed E-state index contributed by atoms with van der Waals surface area (Å²) in [5.74, 6) is 2.03. The molecule has 0 spiro atoms. The Kier molecular flexibility index (Phi) is 3.82. The van der Waals surface area contributed by atoms with Crippen LogP contribution in [0, 0.1) is 28.9 Å². The van der Waals surface area contributed by atoms with E-state index in [1.165, 1.54) is 6.42 Å². The standard InChI is InChI=1S/C12H19N5O2/c1-4-13-12-15-8(3)10(17(18)19)11(16-12)14-6-9-5-7(9)2/h7,9H,4-6H2,1-3H3,(H2,13,14,15,16). The van der Waals surface area contributed by atoms with Crippen molar-refractivity contribution in [1.29, 1.82) is 0 Å². The van der Waals surface area contributed by atoms with Crippen LogP contribution >= 0.6 is 0 Å². The first-order valence-corrected chi connectivity index (χ1v) is 6.53. The first-order chi connectivity index (χ1) is 9.02. The smallest absolute Gasteiger partial charge is 0.332 e. The fraction of sp³-hybridized carbons (Fsp3) is 0.667. The second kappa shape index (κ2) is 5.38. The molecule has 0 bridgehead atoms. The van der Waals surface area contributed by atoms with E-state index in [0.717, 1.165) is 6.54 Å². The maximum atomic E-state index is 11.1. The number of anilines is 2. The van der Waals surface area contributed by atoms with Crippen LogP contribution in [0.25, 0.3) is 0 Å². The Morgan fingerprint density at radius 1 is 1.42 bits per heavy atom. The zero-order valence-corrected chi connectivity index (χ0v) is 11.4. The van der Waals surface area contributed by atoms with Gasteiger partial charge in [0.1, 0.15) is 5.69 Å². The third-order valence-electron chi connectivity index (χ3n) is 3.38. The average molecular weight is 265 g/mol. The Bertz CT molecular complexity index is 491. The first kappa shape index (κ1) is 13.5. The topological polar surface area (TPSA) is 93.0 Å². The van der Waals surface area contributed by atoms with Gasteiger partial charge in [0.05, 0.1) is 4.92 Å². The molecule has 1 aromatic heterocycles. The summed E-state index contributed by atoms with van der Waals surface area (Å²) in [6, 6.07) is 0. The predicted molar refractivity (Wildman–Crippen MR) is 73.3 cm³/mol. The van der Waals surface area contributed by atoms with Gasteiger partial charge in [0.2, 0.25) is 11.8 Å². The van der Waals surface area contributed by atoms with Gasteiger partial charge in [-0.05, 0) is 32.1 Å². The Morgan fingerprint density at radius 3 is 2.63 bits per heavy atom. The highest BCUT2D eigenvalue weighted by Crippen LogP contribution is 2.38. The molecule has 0 aromatic carbocycles. The lowest BCUT2D eigenvalue weighted by atomic mass is 10.3. The molecule has 7 heteroatoms. The summed E-state index contributed by atoms with van der Waals surface area (Å²) >= 11 is 0. The van der Waals surface area contributed by atoms with Gasteiger partial charge in [0.25, 0.3) is 0 Å². The zero-order valence-electron chi connectivity index (χ0n) is 11.4. The molecule has 2 unspecified atom stereocenters. The van der Waals surface area contributed by atoms with Gasteiger partial charge in [-0.2, -0.15) is 4.98 Å². The molecule has 0 saturated heterocycles. The van der Waals surface area contributed by atoms with Crippen molar-refractivity contribution in [3.63, 3.8) is 0 Å². The van der Waals surface area contributed by atoms with E-state index >= 15 is 0 Å². The number of aromatic nitrogens is 2. The summed E-state index contributed by atoms with van der Waals surface area (Å²) in [6.45, 7) is 7.14. The van der Waals surface area contributed by atoms with E-state index in [9.17, 15) is 10.1 Å². The second-order valence-electron chi connectivity index (χ2n) is 4.97. The van der Waals surface area contributed by atoms with Crippen LogP contribution in [0.4, 0.5) is 17.5 Å². The van der Waals surface area contributed by atoms with Gasteiger partial charge in [-0.15, -0.1) is 0 Å². The Morgan fingerprint density at radius 2 is 2.11 bits per heavy atom. The number of aryl methyl sites for hydroxylation is 1. The van der Waals surface area contributed by atoms with E-state index in [1.54, 1.807) is 6.92 Å². The molecule has 2 N–H and O–H groups in total. The largest absolute Gasteiger partial charge is 0.364 e. The summed E-state index contributed by atoms with van der Waals surface area (Å²) in [7, 11) is 0. The van der Waals surface area contributed by atoms with Crippen LogP contribution in [-0.4, -0.2) is 28.0 Å². The molecule has 104 valence electrons. The minimum Gasteiger partial charge on any atom is -0.364 e. The monoisotopic (exact) mass is 265 g/mol. The number of hydrogen-bond acceptors (Lipinski definition) is 6. The molecule has 1 aliphatic rings. The molecule has 1 saturated carbocycles. The summed E-state index contributed by atoms with van der Waals surface area (Å²) in [4.78, 5) is 19.0. The summed E-state index contributed by atoms with van der Waals surface area (Å²) in [5, 5.41) is 17.2. The van der Waals surface area contributed by atoms with E-state index < -0.39 is 4.92 Å². The van der Waals surface area contributed by atoms with Gasteiger partial charge in [-0.25, -0.2) is 4.98 Å². The van der Waals surface area contributed by atoms with Gasteiger partial charge in [-0.1, -0.05) is 6.92 Å². The Balaban J connectivity index is 2.22. The van der Waals surface area contributed by atoms with E-state index in [1.807, 2.05) is 6.92 Å². The third-order valence-corrected chi connectivity index (χ3v) is 3.38. The van der Waals surface area contributed by atoms with Crippen molar-refractivity contribution in [3.8, 4) is 0 Å². The van der Waals surface area contributed by atoms with Crippen molar-refractivity contribution in [2.45, 2.75) is 27.2 Å². The minimum absolute atomic E-state index is 0.0324. The van der Waals surface area contributed by atoms with E-state index in [0.29, 0.717) is 35.8 Å². The minimum atomic E-state index is -0.427. The van der Waals surface area contributed by atoms with Crippen LogP contribution in [0.5, 0.6) is 0 Å². The zero-order chi connectivity index (χ0) is 14.0. The van der Waals surface area contributed by atoms with E-state index in [4.69, 9.17) is 0 Å². The van der Waals surface area contributed by atoms with Crippen molar-refractivity contribution in [2.24, 2.45) is 11.8 Å². The quantitative estimate of drug-likeness (QED) is 0.605. The second-order valence-corrected chi connectivity index (χ2v) is 4.97. The van der Waals surface area contributed by atoms with Gasteiger partial charge in [-0.3, -0.25) is 10.1 Å². The van der Waals surface area contributed by atoms with Crippen LogP contribution < -0.4 is 10.6 Å². The lowest BCUT2D eigenvalue weighted by Crippen LogP contribution is -2.13. The number of hydrogen-bond donors (Lipinski definition) is 2. The van der Waals surface area contributed by atoms with Crippen LogP contribution in [0.3, 0.4) is 0 Å². The number of nitrogens with zero attached hydrogens (tertiary/aromatic N) is 3. The molecule has 1 aliphatic carbocycles. The van der Waals surface area contributed by atoms with Crippen LogP contribution in [0.15, 0.2) is 0 Å². The Hall–Kier alpha value is -1.92. The van der Waals surface area contributed by atoms with Crippen molar-refractivity contribution < 1.29 is 4.92 Å². The molecule has 2 rings (SSSR count). The highest BCUT2D eigenvalue weighted by atomic mass is 16.6. The molecule has 1 heterocycles. The number of nitro groups is 1. The maximum Gasteiger partial charge on any atom is 0.332 e. The first-order valence-electron chi connectivity index (χ1n) is 6.53. The van der Waals surface area contributed by atoms with Crippen LogP contribution in [0.1, 0.15) is 26.0 Å². The summed E-state index contributed by atoms with van der Waals surface area (Å²) in [5.41, 5.74) is 0.345. The fourth-order valence-electron chi connectivity index (χ4n) is 2.06. The highest BCUT2D eigenvalue weighted by molar-refractivity contribution is 5.60. The van der Waals surface area contributed by atoms with E-state index in [-0.39, 0.29) is 5.69 Å². The molecule has 0 aliphatic heterocycles. The summed E-state index contributed by atoms with van der Waals surface area (Å²) in [6.07, 6.45) is 1.17. The lowest BCUT2D eigenvalue weighted by molar-refractivity contribution is -0.385. The molecule has 2 atom stereocenters. The van der Waals surface area contributed by atoms with Gasteiger partial charge in [0, 0.05) is 13.1 Å². The van der Waals surface area contributed by atoms with Gasteiger partial charge < -0.3 is 10.6 Å². The lowest BCUT2D eigenvalue weighted by Gasteiger charge is -2.09. The summed E-state index contributed by atoms with van der Waals surface area (Å²) < 4.78 is 0. The number of rotatable bonds is 6. The fourth-order valence-corrected chi connectivity index (χ4v) is 2.06. The predicted octanol–water partition coefficient (Wildman–Crippen LogP) is 2.19. The normalized spacial score (nSPS) is 21.0. The van der Waals surface area contributed by atoms with Crippen molar-refractivity contribution in [1.82, 2.24) is 9.97 Å². The number of nitrogens with one attached hydrogen (secondary N) is 2. The average Bonchev–Trinajstić information content (AvgIpc) is 3.02. The molecule has 0 amide bonds. The molecular weight excluding hydrogens is 246 g/mol. The highest BCUT2D eigenvalue weighted by Gasteiger charge is 2.33. The molecule has 0 radical (unpaired) electrons. The molecule has 1 fully saturated rings. The third kappa shape index (κ3) is 3.10.